The Balaban J connectivity index is 2.22. The molecular weight excluding hydrogens is 222 g/mol. The van der Waals surface area contributed by atoms with Crippen molar-refractivity contribution in [3.63, 3.8) is 0 Å². The van der Waals surface area contributed by atoms with E-state index in [0.717, 1.165) is 0 Å². The van der Waals surface area contributed by atoms with E-state index in [1.807, 2.05) is 0 Å². The summed E-state index contributed by atoms with van der Waals surface area (Å²) in [4.78, 5) is 8.72. The molecule has 3 unspecified atom stereocenters. The minimum atomic E-state index is -2.77. The molecule has 0 spiro atoms. The molecule has 2 aliphatic rings. The highest BCUT2D eigenvalue weighted by molar-refractivity contribution is 7.32. The van der Waals surface area contributed by atoms with Gasteiger partial charge in [0.2, 0.25) is 0 Å². The summed E-state index contributed by atoms with van der Waals surface area (Å²) in [5, 5.41) is 9.28. The minimum Gasteiger partial charge on any atom is -0.393 e. The molecule has 2 heterocycles. The molecule has 0 aliphatic carbocycles. The number of hydrogen-bond donors (Lipinski definition) is 2. The van der Waals surface area contributed by atoms with Crippen LogP contribution in [0.2, 0.25) is 0 Å². The molecule has 0 aromatic rings. The van der Waals surface area contributed by atoms with Crippen LogP contribution >= 0.6 is 8.25 Å². The average molecular weight is 233 g/mol. The summed E-state index contributed by atoms with van der Waals surface area (Å²) in [6, 6.07) is -0.736. The van der Waals surface area contributed by atoms with Crippen LogP contribution in [0.5, 0.6) is 0 Å². The highest BCUT2D eigenvalue weighted by Crippen LogP contribution is 2.43. The van der Waals surface area contributed by atoms with Gasteiger partial charge in [0.05, 0.1) is 13.2 Å². The van der Waals surface area contributed by atoms with Crippen LogP contribution in [0.1, 0.15) is 6.42 Å². The van der Waals surface area contributed by atoms with Crippen LogP contribution in [-0.2, 0) is 18.6 Å². The molecule has 2 aliphatic heterocycles. The van der Waals surface area contributed by atoms with Crippen LogP contribution in [0.3, 0.4) is 0 Å². The van der Waals surface area contributed by atoms with Gasteiger partial charge in [-0.25, -0.2) is 0 Å². The second kappa shape index (κ2) is 4.09. The van der Waals surface area contributed by atoms with Gasteiger partial charge in [0.25, 0.3) is 0 Å². The molecule has 2 N–H and O–H groups in total. The smallest absolute Gasteiger partial charge is 0.393 e. The van der Waals surface area contributed by atoms with Gasteiger partial charge in [-0.2, -0.15) is 0 Å². The Morgan fingerprint density at radius 1 is 1.67 bits per heavy atom. The summed E-state index contributed by atoms with van der Waals surface area (Å²) in [5.74, 6) is 0. The van der Waals surface area contributed by atoms with E-state index in [1.54, 1.807) is 0 Å². The Morgan fingerprint density at radius 2 is 2.40 bits per heavy atom. The molecule has 2 fully saturated rings. The second-order valence-corrected chi connectivity index (χ2v) is 4.34. The Bertz CT molecular complexity index is 276. The van der Waals surface area contributed by atoms with Gasteiger partial charge in [-0.3, -0.25) is 0 Å². The van der Waals surface area contributed by atoms with E-state index in [2.05, 4.69) is 0 Å². The van der Waals surface area contributed by atoms with Crippen molar-refractivity contribution in [2.24, 2.45) is 0 Å². The lowest BCUT2D eigenvalue weighted by molar-refractivity contribution is -0.128. The largest absolute Gasteiger partial charge is 0.695 e. The number of fused-ring (bicyclic) bond motifs is 2. The fourth-order valence-corrected chi connectivity index (χ4v) is 2.59. The second-order valence-electron chi connectivity index (χ2n) is 3.65. The summed E-state index contributed by atoms with van der Waals surface area (Å²) in [6.07, 6.45) is -1.00. The molecule has 2 saturated heterocycles. The third-order valence-electron chi connectivity index (χ3n) is 2.82. The zero-order valence-electron chi connectivity index (χ0n) is 7.91. The lowest BCUT2D eigenvalue weighted by Gasteiger charge is -2.33. The molecule has 0 amide bonds. The van der Waals surface area contributed by atoms with Crippen LogP contribution in [-0.4, -0.2) is 54.9 Å². The first-order valence-electron chi connectivity index (χ1n) is 4.58. The molecule has 82 valence electrons. The van der Waals surface area contributed by atoms with E-state index in [9.17, 15) is 9.67 Å². The third kappa shape index (κ3) is 1.84. The Morgan fingerprint density at radius 3 is 3.00 bits per heavy atom. The summed E-state index contributed by atoms with van der Waals surface area (Å²) < 4.78 is 26.1. The van der Waals surface area contributed by atoms with E-state index < -0.39 is 32.1 Å². The van der Waals surface area contributed by atoms with Crippen molar-refractivity contribution in [1.29, 1.82) is 0 Å². The zero-order chi connectivity index (χ0) is 11.1. The highest BCUT2D eigenvalue weighted by Gasteiger charge is 2.60. The summed E-state index contributed by atoms with van der Waals surface area (Å²) in [5.41, 5.74) is -1.00. The highest BCUT2D eigenvalue weighted by atomic mass is 31.1. The average Bonchev–Trinajstić information content (AvgIpc) is 2.34. The molecule has 0 aromatic heterocycles. The maximum atomic E-state index is 10.6. The van der Waals surface area contributed by atoms with Crippen molar-refractivity contribution in [2.75, 3.05) is 13.2 Å². The predicted octanol–water partition coefficient (Wildman–Crippen LogP) is -0.934. The number of aliphatic hydroxyl groups is 1. The van der Waals surface area contributed by atoms with Crippen molar-refractivity contribution in [2.45, 2.75) is 30.2 Å². The first-order valence-corrected chi connectivity index (χ1v) is 5.71. The molecule has 8 heteroatoms. The monoisotopic (exact) mass is 233 g/mol. The fourth-order valence-electron chi connectivity index (χ4n) is 2.09. The van der Waals surface area contributed by atoms with Gasteiger partial charge in [-0.15, -0.1) is 9.42 Å². The SMILES string of the molecule is [B][C@@H]1O[C@@]2(CO)CCOC1C2O[P+](=O)O. The number of ether oxygens (including phenoxy) is 2. The molecule has 2 rings (SSSR count). The van der Waals surface area contributed by atoms with Crippen molar-refractivity contribution in [3.05, 3.63) is 0 Å². The summed E-state index contributed by atoms with van der Waals surface area (Å²) in [7, 11) is 2.86. The van der Waals surface area contributed by atoms with Crippen molar-refractivity contribution in [3.8, 4) is 0 Å². The molecule has 0 aromatic carbocycles. The van der Waals surface area contributed by atoms with Crippen molar-refractivity contribution < 1.29 is 28.6 Å². The van der Waals surface area contributed by atoms with Gasteiger partial charge < -0.3 is 14.6 Å². The lowest BCUT2D eigenvalue weighted by Crippen LogP contribution is -2.52. The molecule has 0 saturated carbocycles. The lowest BCUT2D eigenvalue weighted by atomic mass is 9.86. The predicted molar refractivity (Wildman–Crippen MR) is 49.5 cm³/mol. The summed E-state index contributed by atoms with van der Waals surface area (Å²) >= 11 is 0. The first-order chi connectivity index (χ1) is 7.09. The van der Waals surface area contributed by atoms with Gasteiger partial charge in [-0.1, -0.05) is 0 Å². The standard InChI is InChI=1S/C7H10BO6P/c8-6-4-5(14-15(10)11)7(3-9,13-6)1-2-12-4/h4-6,9H,1-3H2/p+1/t4?,5?,6-,7-/m1/s1. The van der Waals surface area contributed by atoms with Crippen LogP contribution in [0, 0.1) is 0 Å². The Hall–Kier alpha value is -0.0351. The van der Waals surface area contributed by atoms with Crippen LogP contribution in [0.4, 0.5) is 0 Å². The number of rotatable bonds is 3. The molecule has 6 nitrogen and oxygen atoms in total. The van der Waals surface area contributed by atoms with Crippen LogP contribution in [0.25, 0.3) is 0 Å². The van der Waals surface area contributed by atoms with Gasteiger partial charge in [0, 0.05) is 17.0 Å². The van der Waals surface area contributed by atoms with Crippen LogP contribution in [0.15, 0.2) is 0 Å². The molecule has 2 bridgehead atoms. The van der Waals surface area contributed by atoms with E-state index in [-0.39, 0.29) is 6.61 Å². The quantitative estimate of drug-likeness (QED) is 0.483. The molecule has 5 atom stereocenters. The normalized spacial score (nSPS) is 45.5. The molecular formula is C7H11BO6P+. The maximum absolute atomic E-state index is 10.6. The third-order valence-corrected chi connectivity index (χ3v) is 3.23. The van der Waals surface area contributed by atoms with E-state index in [0.29, 0.717) is 13.0 Å². The number of hydrogen-bond acceptors (Lipinski definition) is 5. The zero-order valence-corrected chi connectivity index (χ0v) is 8.80. The van der Waals surface area contributed by atoms with E-state index in [4.69, 9.17) is 26.7 Å². The van der Waals surface area contributed by atoms with E-state index >= 15 is 0 Å². The molecule has 15 heavy (non-hydrogen) atoms. The number of aliphatic hydroxyl groups excluding tert-OH is 1. The Labute approximate surface area is 88.9 Å². The van der Waals surface area contributed by atoms with Gasteiger partial charge >= 0.3 is 8.25 Å². The Kier molecular flexibility index (Phi) is 3.12. The molecule has 2 radical (unpaired) electrons. The summed E-state index contributed by atoms with van der Waals surface area (Å²) in [6.45, 7) is 0.0788. The first kappa shape index (κ1) is 11.5. The van der Waals surface area contributed by atoms with Crippen molar-refractivity contribution >= 4 is 16.1 Å². The van der Waals surface area contributed by atoms with Crippen LogP contribution < -0.4 is 0 Å². The van der Waals surface area contributed by atoms with Gasteiger partial charge in [0.15, 0.2) is 6.10 Å². The van der Waals surface area contributed by atoms with Crippen molar-refractivity contribution in [1.82, 2.24) is 0 Å². The topological polar surface area (TPSA) is 85.2 Å². The van der Waals surface area contributed by atoms with E-state index in [1.165, 1.54) is 0 Å². The maximum Gasteiger partial charge on any atom is 0.695 e. The minimum absolute atomic E-state index is 0.311. The van der Waals surface area contributed by atoms with Gasteiger partial charge in [0.1, 0.15) is 19.6 Å². The fraction of sp³-hybridized carbons (Fsp3) is 1.00. The van der Waals surface area contributed by atoms with Gasteiger partial charge in [-0.05, 0) is 0 Å².